The number of hydrogen-bond donors (Lipinski definition) is 2. The quantitative estimate of drug-likeness (QED) is 0.326. The summed E-state index contributed by atoms with van der Waals surface area (Å²) < 4.78 is 41.0. The number of carbonyl (C=O) groups excluding carboxylic acids is 1. The first-order valence-corrected chi connectivity index (χ1v) is 12.5. The fourth-order valence-corrected chi connectivity index (χ4v) is 4.58. The molecule has 198 valence electrons. The zero-order chi connectivity index (χ0) is 26.7. The third-order valence-corrected chi connectivity index (χ3v) is 6.71. The van der Waals surface area contributed by atoms with Gasteiger partial charge in [0.05, 0.1) is 23.7 Å². The first-order valence-electron chi connectivity index (χ1n) is 12.5. The minimum Gasteiger partial charge on any atom is -0.339 e. The van der Waals surface area contributed by atoms with Crippen LogP contribution in [0.3, 0.4) is 0 Å². The molecule has 1 amide bonds. The summed E-state index contributed by atoms with van der Waals surface area (Å²) in [5.41, 5.74) is 1.75. The molecule has 0 unspecified atom stereocenters. The van der Waals surface area contributed by atoms with Crippen LogP contribution in [0.5, 0.6) is 0 Å². The molecule has 0 radical (unpaired) electrons. The van der Waals surface area contributed by atoms with Crippen molar-refractivity contribution < 1.29 is 18.0 Å². The molecular weight excluding hydrogens is 495 g/mol. The number of fused-ring (bicyclic) bond motifs is 1. The highest BCUT2D eigenvalue weighted by atomic mass is 19.4. The van der Waals surface area contributed by atoms with E-state index in [2.05, 4.69) is 30.6 Å². The molecule has 0 saturated carbocycles. The van der Waals surface area contributed by atoms with E-state index in [4.69, 9.17) is 0 Å². The zero-order valence-electron chi connectivity index (χ0n) is 20.9. The molecule has 1 aliphatic rings. The second-order valence-electron chi connectivity index (χ2n) is 9.42. The second kappa shape index (κ2) is 10.8. The molecule has 11 heteroatoms. The molecule has 1 aliphatic heterocycles. The lowest BCUT2D eigenvalue weighted by atomic mass is 10.1. The molecule has 0 aliphatic carbocycles. The largest absolute Gasteiger partial charge is 0.416 e. The molecule has 0 spiro atoms. The molecule has 2 aromatic carbocycles. The van der Waals surface area contributed by atoms with E-state index in [9.17, 15) is 18.0 Å². The molecule has 1 fully saturated rings. The standard InChI is InChI=1S/C27H28F3N7O/c1-18-8-9-19(26(38)34-21-7-5-6-20(15-21)27(28,29)30)14-23(18)35-24-22-16-33-37(25(22)32-17-31-24)13-12-36-10-3-2-4-11-36/h5-9,14-17H,2-4,10-13H2,1H3,(H,34,38)(H,31,32,35). The number of alkyl halides is 3. The Hall–Kier alpha value is -3.99. The number of piperidine rings is 1. The number of halogens is 3. The Bertz CT molecular complexity index is 1440. The Morgan fingerprint density at radius 2 is 1.84 bits per heavy atom. The highest BCUT2D eigenvalue weighted by Crippen LogP contribution is 2.31. The summed E-state index contributed by atoms with van der Waals surface area (Å²) in [5.74, 6) is 0.0310. The van der Waals surface area contributed by atoms with Crippen molar-refractivity contribution in [2.24, 2.45) is 0 Å². The average Bonchev–Trinajstić information content (AvgIpc) is 3.33. The van der Waals surface area contributed by atoms with Crippen molar-refractivity contribution in [3.8, 4) is 0 Å². The molecule has 2 aromatic heterocycles. The van der Waals surface area contributed by atoms with E-state index in [0.29, 0.717) is 11.5 Å². The van der Waals surface area contributed by atoms with Crippen LogP contribution in [0, 0.1) is 6.92 Å². The molecule has 8 nitrogen and oxygen atoms in total. The van der Waals surface area contributed by atoms with Gasteiger partial charge in [-0.05, 0) is 68.8 Å². The zero-order valence-corrected chi connectivity index (χ0v) is 20.9. The van der Waals surface area contributed by atoms with Crippen LogP contribution in [-0.2, 0) is 12.7 Å². The second-order valence-corrected chi connectivity index (χ2v) is 9.42. The number of aryl methyl sites for hydroxylation is 1. The number of rotatable bonds is 7. The summed E-state index contributed by atoms with van der Waals surface area (Å²) in [7, 11) is 0. The maximum atomic E-state index is 13.0. The van der Waals surface area contributed by atoms with Gasteiger partial charge in [0.25, 0.3) is 5.91 Å². The lowest BCUT2D eigenvalue weighted by molar-refractivity contribution is -0.137. The van der Waals surface area contributed by atoms with Gasteiger partial charge in [-0.15, -0.1) is 0 Å². The maximum Gasteiger partial charge on any atom is 0.416 e. The van der Waals surface area contributed by atoms with E-state index in [1.54, 1.807) is 24.4 Å². The molecule has 2 N–H and O–H groups in total. The van der Waals surface area contributed by atoms with Gasteiger partial charge in [0.15, 0.2) is 5.65 Å². The van der Waals surface area contributed by atoms with Crippen molar-refractivity contribution in [3.05, 3.63) is 71.7 Å². The number of nitrogens with zero attached hydrogens (tertiary/aromatic N) is 5. The number of nitrogens with one attached hydrogen (secondary N) is 2. The lowest BCUT2D eigenvalue weighted by Crippen LogP contribution is -2.32. The number of anilines is 3. The van der Waals surface area contributed by atoms with Crippen LogP contribution >= 0.6 is 0 Å². The predicted octanol–water partition coefficient (Wildman–Crippen LogP) is 5.64. The van der Waals surface area contributed by atoms with Gasteiger partial charge in [0.2, 0.25) is 0 Å². The Kier molecular flexibility index (Phi) is 7.28. The van der Waals surface area contributed by atoms with Crippen molar-refractivity contribution in [2.45, 2.75) is 38.9 Å². The highest BCUT2D eigenvalue weighted by molar-refractivity contribution is 6.05. The van der Waals surface area contributed by atoms with Crippen LogP contribution < -0.4 is 10.6 Å². The number of carbonyl (C=O) groups is 1. The van der Waals surface area contributed by atoms with Crippen molar-refractivity contribution in [1.82, 2.24) is 24.6 Å². The Morgan fingerprint density at radius 1 is 1.03 bits per heavy atom. The van der Waals surface area contributed by atoms with Crippen molar-refractivity contribution >= 4 is 34.1 Å². The van der Waals surface area contributed by atoms with Gasteiger partial charge in [0.1, 0.15) is 12.1 Å². The normalized spacial score (nSPS) is 14.5. The SMILES string of the molecule is Cc1ccc(C(=O)Nc2cccc(C(F)(F)F)c2)cc1Nc1ncnc2c1cnn2CCN1CCCCC1. The van der Waals surface area contributed by atoms with Crippen LogP contribution in [0.2, 0.25) is 0 Å². The van der Waals surface area contributed by atoms with Gasteiger partial charge in [-0.25, -0.2) is 14.6 Å². The van der Waals surface area contributed by atoms with Gasteiger partial charge in [-0.3, -0.25) is 4.79 Å². The van der Waals surface area contributed by atoms with E-state index < -0.39 is 17.6 Å². The van der Waals surface area contributed by atoms with Crippen LogP contribution in [0.1, 0.15) is 40.7 Å². The van der Waals surface area contributed by atoms with Crippen molar-refractivity contribution in [3.63, 3.8) is 0 Å². The molecule has 3 heterocycles. The predicted molar refractivity (Wildman–Crippen MR) is 139 cm³/mol. The van der Waals surface area contributed by atoms with Crippen molar-refractivity contribution in [1.29, 1.82) is 0 Å². The maximum absolute atomic E-state index is 13.0. The molecule has 1 saturated heterocycles. The summed E-state index contributed by atoms with van der Waals surface area (Å²) >= 11 is 0. The van der Waals surface area contributed by atoms with Crippen LogP contribution in [0.4, 0.5) is 30.4 Å². The highest BCUT2D eigenvalue weighted by Gasteiger charge is 2.30. The fourth-order valence-electron chi connectivity index (χ4n) is 4.58. The molecule has 4 aromatic rings. The summed E-state index contributed by atoms with van der Waals surface area (Å²) in [6.45, 7) is 5.74. The van der Waals surface area contributed by atoms with Crippen LogP contribution in [0.25, 0.3) is 11.0 Å². The van der Waals surface area contributed by atoms with Crippen molar-refractivity contribution in [2.75, 3.05) is 30.3 Å². The van der Waals surface area contributed by atoms with E-state index in [1.165, 1.54) is 37.7 Å². The van der Waals surface area contributed by atoms with E-state index in [0.717, 1.165) is 54.9 Å². The Labute approximate surface area is 217 Å². The van der Waals surface area contributed by atoms with Crippen LogP contribution in [0.15, 0.2) is 55.0 Å². The van der Waals surface area contributed by atoms with Gasteiger partial charge in [0, 0.05) is 23.5 Å². The average molecular weight is 524 g/mol. The fraction of sp³-hybridized carbons (Fsp3) is 0.333. The van der Waals surface area contributed by atoms with Crippen LogP contribution in [-0.4, -0.2) is 50.2 Å². The smallest absolute Gasteiger partial charge is 0.339 e. The van der Waals surface area contributed by atoms with Gasteiger partial charge in [-0.1, -0.05) is 18.6 Å². The summed E-state index contributed by atoms with van der Waals surface area (Å²) in [6, 6.07) is 9.58. The first-order chi connectivity index (χ1) is 18.3. The third-order valence-electron chi connectivity index (χ3n) is 6.71. The van der Waals surface area contributed by atoms with E-state index >= 15 is 0 Å². The number of amides is 1. The first kappa shape index (κ1) is 25.7. The third kappa shape index (κ3) is 5.77. The van der Waals surface area contributed by atoms with E-state index in [-0.39, 0.29) is 11.3 Å². The molecule has 0 atom stereocenters. The number of benzene rings is 2. The molecule has 0 bridgehead atoms. The van der Waals surface area contributed by atoms with E-state index in [1.807, 2.05) is 11.6 Å². The Morgan fingerprint density at radius 3 is 2.63 bits per heavy atom. The van der Waals surface area contributed by atoms with Gasteiger partial charge >= 0.3 is 6.18 Å². The topological polar surface area (TPSA) is 88.0 Å². The molecule has 38 heavy (non-hydrogen) atoms. The number of likely N-dealkylation sites (tertiary alicyclic amines) is 1. The Balaban J connectivity index is 1.33. The summed E-state index contributed by atoms with van der Waals surface area (Å²) in [4.78, 5) is 24.1. The molecular formula is C27H28F3N7O. The minimum atomic E-state index is -4.49. The monoisotopic (exact) mass is 523 g/mol. The minimum absolute atomic E-state index is 0.0642. The lowest BCUT2D eigenvalue weighted by Gasteiger charge is -2.26. The number of hydrogen-bond acceptors (Lipinski definition) is 6. The van der Waals surface area contributed by atoms with Gasteiger partial charge < -0.3 is 15.5 Å². The number of aromatic nitrogens is 4. The summed E-state index contributed by atoms with van der Waals surface area (Å²) in [5, 5.41) is 11.1. The molecule has 5 rings (SSSR count). The van der Waals surface area contributed by atoms with Gasteiger partial charge in [-0.2, -0.15) is 18.3 Å². The summed E-state index contributed by atoms with van der Waals surface area (Å²) in [6.07, 6.45) is 2.46.